The van der Waals surface area contributed by atoms with Gasteiger partial charge in [-0.15, -0.1) is 6.58 Å². The molecule has 0 unspecified atom stereocenters. The van der Waals surface area contributed by atoms with Crippen molar-refractivity contribution in [1.82, 2.24) is 5.32 Å². The second-order valence-corrected chi connectivity index (χ2v) is 8.09. The van der Waals surface area contributed by atoms with E-state index in [1.165, 1.54) is 6.07 Å². The molecule has 0 spiro atoms. The predicted molar refractivity (Wildman–Crippen MR) is 118 cm³/mol. The first kappa shape index (κ1) is 22.0. The van der Waals surface area contributed by atoms with E-state index in [-0.39, 0.29) is 18.4 Å². The summed E-state index contributed by atoms with van der Waals surface area (Å²) in [6, 6.07) is 11.5. The number of benzene rings is 2. The van der Waals surface area contributed by atoms with Crippen LogP contribution in [0.15, 0.2) is 55.1 Å². The van der Waals surface area contributed by atoms with Crippen molar-refractivity contribution in [2.75, 3.05) is 43.1 Å². The average Bonchev–Trinajstić information content (AvgIpc) is 2.80. The lowest BCUT2D eigenvalue weighted by Crippen LogP contribution is -2.61. The number of carbonyl (C=O) groups excluding carboxylic acids is 1. The summed E-state index contributed by atoms with van der Waals surface area (Å²) in [5, 5.41) is 2.84. The molecule has 2 aliphatic rings. The number of anilines is 2. The first-order valence-corrected chi connectivity index (χ1v) is 10.6. The Kier molecular flexibility index (Phi) is 6.04. The van der Waals surface area contributed by atoms with Crippen molar-refractivity contribution < 1.29 is 22.7 Å². The van der Waals surface area contributed by atoms with Crippen molar-refractivity contribution in [2.45, 2.75) is 18.6 Å². The minimum absolute atomic E-state index is 0.153. The van der Waals surface area contributed by atoms with Crippen molar-refractivity contribution in [3.63, 3.8) is 0 Å². The number of hydrogen-bond acceptors (Lipinski definition) is 4. The lowest BCUT2D eigenvalue weighted by atomic mass is 9.82. The molecule has 2 atom stereocenters. The molecule has 5 nitrogen and oxygen atoms in total. The van der Waals surface area contributed by atoms with Gasteiger partial charge < -0.3 is 19.9 Å². The molecule has 2 aromatic carbocycles. The fraction of sp³-hybridized carbons (Fsp3) is 0.375. The second kappa shape index (κ2) is 8.76. The van der Waals surface area contributed by atoms with Crippen LogP contribution in [-0.4, -0.2) is 45.2 Å². The Morgan fingerprint density at radius 3 is 2.62 bits per heavy atom. The van der Waals surface area contributed by atoms with Crippen LogP contribution in [0.1, 0.15) is 11.1 Å². The van der Waals surface area contributed by atoms with E-state index >= 15 is 0 Å². The van der Waals surface area contributed by atoms with Crippen LogP contribution in [0.3, 0.4) is 0 Å². The third kappa shape index (κ3) is 4.26. The normalized spacial score (nSPS) is 20.2. The lowest BCUT2D eigenvalue weighted by molar-refractivity contribution is -0.137. The van der Waals surface area contributed by atoms with Gasteiger partial charge in [-0.1, -0.05) is 6.08 Å². The molecule has 0 saturated carbocycles. The number of ether oxygens (including phenoxy) is 1. The zero-order chi connectivity index (χ0) is 22.9. The van der Waals surface area contributed by atoms with Crippen molar-refractivity contribution in [1.29, 1.82) is 0 Å². The van der Waals surface area contributed by atoms with Crippen LogP contribution < -0.4 is 19.9 Å². The third-order valence-corrected chi connectivity index (χ3v) is 6.23. The molecule has 2 aliphatic heterocycles. The van der Waals surface area contributed by atoms with Crippen molar-refractivity contribution in [3.05, 3.63) is 66.2 Å². The summed E-state index contributed by atoms with van der Waals surface area (Å²) in [7, 11) is 1.61. The Bertz CT molecular complexity index is 991. The molecule has 1 saturated heterocycles. The molecule has 2 aromatic rings. The van der Waals surface area contributed by atoms with E-state index in [0.29, 0.717) is 31.7 Å². The van der Waals surface area contributed by atoms with Gasteiger partial charge in [0.2, 0.25) is 5.91 Å². The summed E-state index contributed by atoms with van der Waals surface area (Å²) in [5.41, 5.74) is 1.68. The van der Waals surface area contributed by atoms with Gasteiger partial charge in [0.1, 0.15) is 5.75 Å². The van der Waals surface area contributed by atoms with Gasteiger partial charge in [0.15, 0.2) is 0 Å². The summed E-state index contributed by atoms with van der Waals surface area (Å²) in [6.45, 7) is 5.86. The van der Waals surface area contributed by atoms with Crippen LogP contribution in [0.25, 0.3) is 0 Å². The maximum atomic E-state index is 13.3. The Morgan fingerprint density at radius 2 is 1.97 bits per heavy atom. The maximum absolute atomic E-state index is 13.3. The van der Waals surface area contributed by atoms with Gasteiger partial charge in [0, 0.05) is 37.6 Å². The molecule has 0 aliphatic carbocycles. The van der Waals surface area contributed by atoms with Crippen LogP contribution in [0.4, 0.5) is 24.5 Å². The first-order chi connectivity index (χ1) is 15.3. The quantitative estimate of drug-likeness (QED) is 0.710. The maximum Gasteiger partial charge on any atom is 0.416 e. The minimum atomic E-state index is -4.42. The molecule has 8 heteroatoms. The van der Waals surface area contributed by atoms with E-state index in [9.17, 15) is 18.0 Å². The highest BCUT2D eigenvalue weighted by Crippen LogP contribution is 2.40. The zero-order valence-electron chi connectivity index (χ0n) is 17.9. The largest absolute Gasteiger partial charge is 0.497 e. The Hall–Kier alpha value is -3.16. The molecule has 32 heavy (non-hydrogen) atoms. The fourth-order valence-corrected chi connectivity index (χ4v) is 4.63. The number of alkyl halides is 3. The highest BCUT2D eigenvalue weighted by molar-refractivity contribution is 5.82. The SMILES string of the molecule is C=CCNC(=O)[C@@H]1Cc2cc(C(F)(F)F)ccc2N2CCN(c3ccc(OC)cc3)C[C@@H]12. The van der Waals surface area contributed by atoms with E-state index in [1.807, 2.05) is 24.3 Å². The summed E-state index contributed by atoms with van der Waals surface area (Å²) < 4.78 is 45.1. The highest BCUT2D eigenvalue weighted by Gasteiger charge is 2.42. The molecule has 1 N–H and O–H groups in total. The number of nitrogens with zero attached hydrogens (tertiary/aromatic N) is 2. The van der Waals surface area contributed by atoms with Gasteiger partial charge >= 0.3 is 6.18 Å². The smallest absolute Gasteiger partial charge is 0.416 e. The second-order valence-electron chi connectivity index (χ2n) is 8.09. The van der Waals surface area contributed by atoms with Gasteiger partial charge in [0.05, 0.1) is 24.6 Å². The zero-order valence-corrected chi connectivity index (χ0v) is 17.9. The molecule has 170 valence electrons. The summed E-state index contributed by atoms with van der Waals surface area (Å²) in [5.74, 6) is 0.132. The number of methoxy groups -OCH3 is 1. The van der Waals surface area contributed by atoms with Crippen molar-refractivity contribution in [2.24, 2.45) is 5.92 Å². The molecular formula is C24H26F3N3O2. The van der Waals surface area contributed by atoms with Crippen LogP contribution in [0, 0.1) is 5.92 Å². The number of halogens is 3. The highest BCUT2D eigenvalue weighted by atomic mass is 19.4. The minimum Gasteiger partial charge on any atom is -0.497 e. The monoisotopic (exact) mass is 445 g/mol. The molecule has 0 bridgehead atoms. The average molecular weight is 445 g/mol. The van der Waals surface area contributed by atoms with Crippen molar-refractivity contribution >= 4 is 17.3 Å². The third-order valence-electron chi connectivity index (χ3n) is 6.23. The molecule has 4 rings (SSSR count). The van der Waals surface area contributed by atoms with E-state index in [0.717, 1.165) is 23.2 Å². The molecule has 0 aromatic heterocycles. The molecular weight excluding hydrogens is 419 g/mol. The van der Waals surface area contributed by atoms with Gasteiger partial charge in [-0.25, -0.2) is 0 Å². The summed E-state index contributed by atoms with van der Waals surface area (Å²) >= 11 is 0. The number of amides is 1. The van der Waals surface area contributed by atoms with Gasteiger partial charge in [-0.05, 0) is 54.4 Å². The number of hydrogen-bond donors (Lipinski definition) is 1. The van der Waals surface area contributed by atoms with Crippen molar-refractivity contribution in [3.8, 4) is 5.75 Å². The Morgan fingerprint density at radius 1 is 1.22 bits per heavy atom. The van der Waals surface area contributed by atoms with Crippen LogP contribution >= 0.6 is 0 Å². The molecule has 1 fully saturated rings. The van der Waals surface area contributed by atoms with E-state index in [2.05, 4.69) is 21.7 Å². The van der Waals surface area contributed by atoms with Gasteiger partial charge in [0.25, 0.3) is 0 Å². The number of piperazine rings is 1. The number of rotatable bonds is 5. The fourth-order valence-electron chi connectivity index (χ4n) is 4.63. The molecule has 0 radical (unpaired) electrons. The first-order valence-electron chi connectivity index (χ1n) is 10.6. The summed E-state index contributed by atoms with van der Waals surface area (Å²) in [6.07, 6.45) is -2.56. The molecule has 2 heterocycles. The van der Waals surface area contributed by atoms with E-state index in [4.69, 9.17) is 4.74 Å². The van der Waals surface area contributed by atoms with Crippen LogP contribution in [-0.2, 0) is 17.4 Å². The summed E-state index contributed by atoms with van der Waals surface area (Å²) in [4.78, 5) is 17.3. The van der Waals surface area contributed by atoms with E-state index < -0.39 is 17.7 Å². The number of carbonyl (C=O) groups is 1. The lowest BCUT2D eigenvalue weighted by Gasteiger charge is -2.49. The number of nitrogens with one attached hydrogen (secondary N) is 1. The predicted octanol–water partition coefficient (Wildman–Crippen LogP) is 3.88. The van der Waals surface area contributed by atoms with Crippen LogP contribution in [0.2, 0.25) is 0 Å². The van der Waals surface area contributed by atoms with Gasteiger partial charge in [-0.3, -0.25) is 4.79 Å². The van der Waals surface area contributed by atoms with Gasteiger partial charge in [-0.2, -0.15) is 13.2 Å². The Balaban J connectivity index is 1.65. The molecule has 1 amide bonds. The Labute approximate surface area is 185 Å². The van der Waals surface area contributed by atoms with E-state index in [1.54, 1.807) is 19.3 Å². The topological polar surface area (TPSA) is 44.8 Å². The standard InChI is InChI=1S/C24H26F3N3O2/c1-3-10-28-23(31)20-14-16-13-17(24(25,26)27)4-9-21(16)30-12-11-29(15-22(20)30)18-5-7-19(32-2)8-6-18/h3-9,13,20,22H,1,10-12,14-15H2,2H3,(H,28,31)/t20-,22+/m1/s1. The number of fused-ring (bicyclic) bond motifs is 3. The van der Waals surface area contributed by atoms with Crippen LogP contribution in [0.5, 0.6) is 5.75 Å².